The fourth-order valence-corrected chi connectivity index (χ4v) is 4.73. The highest BCUT2D eigenvalue weighted by molar-refractivity contribution is 5.93. The molecule has 9 heteroatoms. The molecular weight excluding hydrogens is 516 g/mol. The highest BCUT2D eigenvalue weighted by atomic mass is 35.5. The molecule has 0 bridgehead atoms. The lowest BCUT2D eigenvalue weighted by Crippen LogP contribution is -2.55. The van der Waals surface area contributed by atoms with Gasteiger partial charge in [-0.3, -0.25) is 14.4 Å². The van der Waals surface area contributed by atoms with Crippen molar-refractivity contribution in [3.63, 3.8) is 0 Å². The number of aliphatic hydroxyl groups is 1. The number of carbonyl (C=O) groups is 3. The van der Waals surface area contributed by atoms with E-state index < -0.39 is 23.1 Å². The lowest BCUT2D eigenvalue weighted by molar-refractivity contribution is -0.145. The van der Waals surface area contributed by atoms with Crippen molar-refractivity contribution in [3.8, 4) is 0 Å². The number of benzene rings is 2. The Bertz CT molecular complexity index is 1130. The Morgan fingerprint density at radius 1 is 1.03 bits per heavy atom. The molecule has 4 N–H and O–H groups in total. The van der Waals surface area contributed by atoms with Gasteiger partial charge < -0.3 is 26.0 Å². The molecule has 1 aliphatic heterocycles. The monoisotopic (exact) mass is 560 g/mol. The summed E-state index contributed by atoms with van der Waals surface area (Å²) < 4.78 is 0. The fraction of sp³-hybridized carbons (Fsp3) is 0.567. The molecular formula is C30H45ClN4O4. The molecule has 1 saturated heterocycles. The first-order valence-corrected chi connectivity index (χ1v) is 13.6. The van der Waals surface area contributed by atoms with Crippen molar-refractivity contribution < 1.29 is 19.5 Å². The third kappa shape index (κ3) is 9.78. The van der Waals surface area contributed by atoms with E-state index >= 15 is 0 Å². The Morgan fingerprint density at radius 2 is 1.72 bits per heavy atom. The zero-order valence-corrected chi connectivity index (χ0v) is 24.7. The summed E-state index contributed by atoms with van der Waals surface area (Å²) in [6, 6.07) is 12.8. The quantitative estimate of drug-likeness (QED) is 0.315. The van der Waals surface area contributed by atoms with Gasteiger partial charge in [0.05, 0.1) is 5.60 Å². The van der Waals surface area contributed by atoms with E-state index in [1.54, 1.807) is 18.7 Å². The van der Waals surface area contributed by atoms with Gasteiger partial charge in [0.25, 0.3) is 0 Å². The van der Waals surface area contributed by atoms with E-state index in [-0.39, 0.29) is 30.1 Å². The van der Waals surface area contributed by atoms with Crippen molar-refractivity contribution in [2.75, 3.05) is 26.2 Å². The average Bonchev–Trinajstić information content (AvgIpc) is 3.33. The van der Waals surface area contributed by atoms with Crippen LogP contribution in [-0.2, 0) is 20.8 Å². The second kappa shape index (κ2) is 14.1. The van der Waals surface area contributed by atoms with Gasteiger partial charge in [0.2, 0.25) is 17.7 Å². The molecule has 2 aromatic carbocycles. The first-order valence-electron chi connectivity index (χ1n) is 13.6. The fourth-order valence-electron chi connectivity index (χ4n) is 4.73. The van der Waals surface area contributed by atoms with Gasteiger partial charge >= 0.3 is 0 Å². The number of hydrogen-bond acceptors (Lipinski definition) is 5. The molecule has 39 heavy (non-hydrogen) atoms. The first kappa shape index (κ1) is 32.5. The molecule has 0 spiro atoms. The van der Waals surface area contributed by atoms with E-state index in [2.05, 4.69) is 16.0 Å². The van der Waals surface area contributed by atoms with Crippen molar-refractivity contribution in [1.29, 1.82) is 0 Å². The molecule has 3 amide bonds. The van der Waals surface area contributed by atoms with Crippen LogP contribution in [0.3, 0.4) is 0 Å². The van der Waals surface area contributed by atoms with Crippen LogP contribution in [-0.4, -0.2) is 71.6 Å². The van der Waals surface area contributed by atoms with Gasteiger partial charge in [0, 0.05) is 31.5 Å². The van der Waals surface area contributed by atoms with Crippen LogP contribution < -0.4 is 16.0 Å². The molecule has 0 aromatic heterocycles. The largest absolute Gasteiger partial charge is 0.389 e. The van der Waals surface area contributed by atoms with E-state index in [0.717, 1.165) is 22.8 Å². The van der Waals surface area contributed by atoms with E-state index in [9.17, 15) is 19.5 Å². The molecule has 8 nitrogen and oxygen atoms in total. The predicted molar refractivity (Wildman–Crippen MR) is 158 cm³/mol. The predicted octanol–water partition coefficient (Wildman–Crippen LogP) is 3.19. The Labute approximate surface area is 238 Å². The van der Waals surface area contributed by atoms with Crippen LogP contribution in [0.1, 0.15) is 59.4 Å². The van der Waals surface area contributed by atoms with Crippen molar-refractivity contribution >= 4 is 40.9 Å². The van der Waals surface area contributed by atoms with Gasteiger partial charge in [-0.25, -0.2) is 0 Å². The molecule has 1 aliphatic rings. The maximum absolute atomic E-state index is 13.4. The van der Waals surface area contributed by atoms with Crippen LogP contribution in [0.5, 0.6) is 0 Å². The smallest absolute Gasteiger partial charge is 0.243 e. The van der Waals surface area contributed by atoms with Crippen LogP contribution in [0.15, 0.2) is 42.5 Å². The summed E-state index contributed by atoms with van der Waals surface area (Å²) in [5, 5.41) is 21.1. The standard InChI is InChI=1S/C30H44N4O4.ClH/c1-29(2,3)28(37)34-17-8-12-25(34)27(36)33-24(26(35)32-16-9-15-31-20-30(4,5)38)19-21-13-14-22-10-6-7-11-23(22)18-21;/h6-7,10-11,13-14,18,24-25,31,38H,8-9,12,15-17,19-20H2,1-5H3,(H,32,35)(H,33,36);1H/t24-,25+;/m1./s1. The summed E-state index contributed by atoms with van der Waals surface area (Å²) in [6.07, 6.45) is 2.39. The summed E-state index contributed by atoms with van der Waals surface area (Å²) >= 11 is 0. The minimum atomic E-state index is -0.791. The lowest BCUT2D eigenvalue weighted by Gasteiger charge is -2.31. The summed E-state index contributed by atoms with van der Waals surface area (Å²) in [4.78, 5) is 41.3. The van der Waals surface area contributed by atoms with Gasteiger partial charge in [-0.1, -0.05) is 63.2 Å². The normalized spacial score (nSPS) is 16.5. The maximum Gasteiger partial charge on any atom is 0.243 e. The van der Waals surface area contributed by atoms with Crippen LogP contribution in [0, 0.1) is 5.41 Å². The number of amides is 3. The average molecular weight is 561 g/mol. The Morgan fingerprint density at radius 3 is 2.38 bits per heavy atom. The van der Waals surface area contributed by atoms with Gasteiger partial charge in [0.1, 0.15) is 12.1 Å². The third-order valence-electron chi connectivity index (χ3n) is 6.73. The molecule has 216 valence electrons. The van der Waals surface area contributed by atoms with Crippen LogP contribution in [0.4, 0.5) is 0 Å². The number of fused-ring (bicyclic) bond motifs is 1. The van der Waals surface area contributed by atoms with Crippen LogP contribution >= 0.6 is 12.4 Å². The van der Waals surface area contributed by atoms with Crippen molar-refractivity contribution in [2.45, 2.75) is 78.0 Å². The second-order valence-electron chi connectivity index (χ2n) is 12.0. The van der Waals surface area contributed by atoms with E-state index in [4.69, 9.17) is 0 Å². The third-order valence-corrected chi connectivity index (χ3v) is 6.73. The summed E-state index contributed by atoms with van der Waals surface area (Å²) in [7, 11) is 0. The molecule has 2 atom stereocenters. The van der Waals surface area contributed by atoms with Gasteiger partial charge in [-0.05, 0) is 56.0 Å². The highest BCUT2D eigenvalue weighted by Crippen LogP contribution is 2.26. The molecule has 0 radical (unpaired) electrons. The SMILES string of the molecule is CC(C)(O)CNCCCNC(=O)[C@@H](Cc1ccc2ccccc2c1)NC(=O)[C@@H]1CCCN1C(=O)C(C)(C)C.Cl. The molecule has 0 saturated carbocycles. The molecule has 0 unspecified atom stereocenters. The Balaban J connectivity index is 0.00000533. The molecule has 3 rings (SSSR count). The molecule has 1 heterocycles. The van der Waals surface area contributed by atoms with Crippen LogP contribution in [0.2, 0.25) is 0 Å². The Hall–Kier alpha value is -2.68. The summed E-state index contributed by atoms with van der Waals surface area (Å²) in [5.74, 6) is -0.585. The topological polar surface area (TPSA) is 111 Å². The summed E-state index contributed by atoms with van der Waals surface area (Å²) in [6.45, 7) is 11.2. The molecule has 2 aromatic rings. The summed E-state index contributed by atoms with van der Waals surface area (Å²) in [5.41, 5.74) is -0.421. The maximum atomic E-state index is 13.4. The zero-order valence-electron chi connectivity index (χ0n) is 23.9. The Kier molecular flexibility index (Phi) is 11.8. The number of hydrogen-bond donors (Lipinski definition) is 4. The van der Waals surface area contributed by atoms with Gasteiger partial charge in [-0.15, -0.1) is 12.4 Å². The zero-order chi connectivity index (χ0) is 27.9. The van der Waals surface area contributed by atoms with Crippen LogP contribution in [0.25, 0.3) is 10.8 Å². The minimum Gasteiger partial charge on any atom is -0.389 e. The van der Waals surface area contributed by atoms with E-state index in [1.165, 1.54) is 0 Å². The van der Waals surface area contributed by atoms with Crippen molar-refractivity contribution in [1.82, 2.24) is 20.9 Å². The minimum absolute atomic E-state index is 0. The molecule has 0 aliphatic carbocycles. The van der Waals surface area contributed by atoms with E-state index in [0.29, 0.717) is 45.4 Å². The second-order valence-corrected chi connectivity index (χ2v) is 12.0. The number of likely N-dealkylation sites (tertiary alicyclic amines) is 1. The lowest BCUT2D eigenvalue weighted by atomic mass is 9.94. The number of rotatable bonds is 11. The number of nitrogens with zero attached hydrogens (tertiary/aromatic N) is 1. The van der Waals surface area contributed by atoms with E-state index in [1.807, 2.05) is 63.2 Å². The number of carbonyl (C=O) groups excluding carboxylic acids is 3. The van der Waals surface area contributed by atoms with Crippen molar-refractivity contribution in [3.05, 3.63) is 48.0 Å². The van der Waals surface area contributed by atoms with Gasteiger partial charge in [-0.2, -0.15) is 0 Å². The number of nitrogens with one attached hydrogen (secondary N) is 3. The van der Waals surface area contributed by atoms with Gasteiger partial charge in [0.15, 0.2) is 0 Å². The number of halogens is 1. The first-order chi connectivity index (χ1) is 17.8. The van der Waals surface area contributed by atoms with Crippen molar-refractivity contribution in [2.24, 2.45) is 5.41 Å². The molecule has 1 fully saturated rings. The highest BCUT2D eigenvalue weighted by Gasteiger charge is 2.39.